The van der Waals surface area contributed by atoms with Crippen molar-refractivity contribution in [2.45, 2.75) is 51.4 Å². The van der Waals surface area contributed by atoms with E-state index in [-0.39, 0.29) is 11.8 Å². The second kappa shape index (κ2) is 7.55. The first-order valence-electron chi connectivity index (χ1n) is 6.04. The third kappa shape index (κ3) is 4.95. The molecule has 0 atom stereocenters. The average Bonchev–Trinajstić information content (AvgIpc) is 2.63. The summed E-state index contributed by atoms with van der Waals surface area (Å²) in [6.45, 7) is 7.54. The van der Waals surface area contributed by atoms with Crippen LogP contribution in [0.1, 0.15) is 33.6 Å². The van der Waals surface area contributed by atoms with Gasteiger partial charge >= 0.3 is 5.69 Å². The monoisotopic (exact) mass is 259 g/mol. The Morgan fingerprint density at radius 1 is 1.53 bits per heavy atom. The molecule has 1 aromatic rings. The highest BCUT2D eigenvalue weighted by Gasteiger charge is 2.07. The Kier molecular flexibility index (Phi) is 6.36. The summed E-state index contributed by atoms with van der Waals surface area (Å²) in [6, 6.07) is 0. The summed E-state index contributed by atoms with van der Waals surface area (Å²) in [6.07, 6.45) is 2.31. The number of ether oxygens (including phenoxy) is 1. The zero-order valence-corrected chi connectivity index (χ0v) is 11.5. The third-order valence-electron chi connectivity index (χ3n) is 2.22. The van der Waals surface area contributed by atoms with Crippen molar-refractivity contribution in [1.82, 2.24) is 14.8 Å². The number of H-pyrrole nitrogens is 1. The highest BCUT2D eigenvalue weighted by atomic mass is 32.2. The molecule has 0 spiro atoms. The van der Waals surface area contributed by atoms with Crippen LogP contribution in [-0.2, 0) is 11.3 Å². The van der Waals surface area contributed by atoms with Gasteiger partial charge in [-0.25, -0.2) is 9.89 Å². The Bertz CT molecular complexity index is 373. The van der Waals surface area contributed by atoms with Gasteiger partial charge in [0, 0.05) is 12.3 Å². The molecule has 0 saturated heterocycles. The predicted octanol–water partition coefficient (Wildman–Crippen LogP) is 1.89. The molecule has 0 fully saturated rings. The molecule has 1 aromatic heterocycles. The standard InChI is InChI=1S/C11H21N3O2S/c1-4-5-6-14-10(15)12-13-11(14)17-8-7-16-9(2)3/h9H,4-8H2,1-3H3,(H,12,15). The van der Waals surface area contributed by atoms with Crippen molar-refractivity contribution < 1.29 is 4.74 Å². The molecule has 1 N–H and O–H groups in total. The largest absolute Gasteiger partial charge is 0.378 e. The topological polar surface area (TPSA) is 59.9 Å². The second-order valence-electron chi connectivity index (χ2n) is 4.08. The van der Waals surface area contributed by atoms with Gasteiger partial charge < -0.3 is 4.74 Å². The maximum absolute atomic E-state index is 11.5. The van der Waals surface area contributed by atoms with Gasteiger partial charge in [-0.3, -0.25) is 4.57 Å². The average molecular weight is 259 g/mol. The summed E-state index contributed by atoms with van der Waals surface area (Å²) in [7, 11) is 0. The minimum absolute atomic E-state index is 0.120. The second-order valence-corrected chi connectivity index (χ2v) is 5.15. The van der Waals surface area contributed by atoms with Crippen LogP contribution < -0.4 is 5.69 Å². The molecular weight excluding hydrogens is 238 g/mol. The summed E-state index contributed by atoms with van der Waals surface area (Å²) in [5.41, 5.74) is -0.120. The van der Waals surface area contributed by atoms with Gasteiger partial charge in [-0.1, -0.05) is 25.1 Å². The molecule has 0 aliphatic carbocycles. The summed E-state index contributed by atoms with van der Waals surface area (Å²) in [4.78, 5) is 11.5. The number of nitrogens with zero attached hydrogens (tertiary/aromatic N) is 2. The van der Waals surface area contributed by atoms with Gasteiger partial charge in [0.15, 0.2) is 5.16 Å². The fourth-order valence-electron chi connectivity index (χ4n) is 1.34. The lowest BCUT2D eigenvalue weighted by Crippen LogP contribution is -2.17. The number of hydrogen-bond acceptors (Lipinski definition) is 4. The van der Waals surface area contributed by atoms with Crippen molar-refractivity contribution in [2.24, 2.45) is 0 Å². The van der Waals surface area contributed by atoms with Crippen LogP contribution in [0.4, 0.5) is 0 Å². The molecule has 1 rings (SSSR count). The summed E-state index contributed by atoms with van der Waals surface area (Å²) < 4.78 is 7.14. The number of hydrogen-bond donors (Lipinski definition) is 1. The molecule has 0 aliphatic heterocycles. The Morgan fingerprint density at radius 2 is 2.29 bits per heavy atom. The van der Waals surface area contributed by atoms with Crippen LogP contribution in [0.15, 0.2) is 9.95 Å². The van der Waals surface area contributed by atoms with Gasteiger partial charge in [0.05, 0.1) is 12.7 Å². The number of aromatic nitrogens is 3. The maximum Gasteiger partial charge on any atom is 0.343 e. The first kappa shape index (κ1) is 14.3. The fourth-order valence-corrected chi connectivity index (χ4v) is 2.15. The minimum Gasteiger partial charge on any atom is -0.378 e. The number of thioether (sulfide) groups is 1. The van der Waals surface area contributed by atoms with E-state index < -0.39 is 0 Å². The first-order valence-corrected chi connectivity index (χ1v) is 7.03. The van der Waals surface area contributed by atoms with Crippen LogP contribution in [0.3, 0.4) is 0 Å². The summed E-state index contributed by atoms with van der Waals surface area (Å²) in [5.74, 6) is 0.814. The fraction of sp³-hybridized carbons (Fsp3) is 0.818. The van der Waals surface area contributed by atoms with Crippen molar-refractivity contribution in [3.63, 3.8) is 0 Å². The highest BCUT2D eigenvalue weighted by molar-refractivity contribution is 7.99. The van der Waals surface area contributed by atoms with Gasteiger partial charge in [0.25, 0.3) is 0 Å². The first-order chi connectivity index (χ1) is 8.15. The molecule has 98 valence electrons. The third-order valence-corrected chi connectivity index (χ3v) is 3.16. The van der Waals surface area contributed by atoms with E-state index in [1.807, 2.05) is 13.8 Å². The van der Waals surface area contributed by atoms with Crippen molar-refractivity contribution in [2.75, 3.05) is 12.4 Å². The molecule has 6 heteroatoms. The molecule has 0 radical (unpaired) electrons. The van der Waals surface area contributed by atoms with Crippen molar-refractivity contribution in [1.29, 1.82) is 0 Å². The Balaban J connectivity index is 2.44. The molecule has 17 heavy (non-hydrogen) atoms. The van der Waals surface area contributed by atoms with Crippen molar-refractivity contribution in [3.05, 3.63) is 10.5 Å². The van der Waals surface area contributed by atoms with E-state index >= 15 is 0 Å². The van der Waals surface area contributed by atoms with Crippen LogP contribution >= 0.6 is 11.8 Å². The van der Waals surface area contributed by atoms with Crippen molar-refractivity contribution >= 4 is 11.8 Å². The quantitative estimate of drug-likeness (QED) is 0.572. The number of rotatable bonds is 8. The normalized spacial score (nSPS) is 11.3. The molecule has 0 unspecified atom stereocenters. The van der Waals surface area contributed by atoms with Crippen LogP contribution in [0.25, 0.3) is 0 Å². The number of aromatic amines is 1. The lowest BCUT2D eigenvalue weighted by atomic mass is 10.3. The van der Waals surface area contributed by atoms with Crippen LogP contribution in [0.2, 0.25) is 0 Å². The molecule has 5 nitrogen and oxygen atoms in total. The zero-order valence-electron chi connectivity index (χ0n) is 10.7. The van der Waals surface area contributed by atoms with E-state index in [0.717, 1.165) is 30.3 Å². The molecule has 0 aromatic carbocycles. The molecule has 1 heterocycles. The summed E-state index contributed by atoms with van der Waals surface area (Å²) in [5, 5.41) is 7.27. The Labute approximate surface area is 106 Å². The van der Waals surface area contributed by atoms with Gasteiger partial charge in [-0.2, -0.15) is 0 Å². The molecular formula is C11H21N3O2S. The molecule has 0 bridgehead atoms. The van der Waals surface area contributed by atoms with Crippen molar-refractivity contribution in [3.8, 4) is 0 Å². The van der Waals surface area contributed by atoms with E-state index in [0.29, 0.717) is 6.61 Å². The van der Waals surface area contributed by atoms with E-state index in [9.17, 15) is 4.79 Å². The van der Waals surface area contributed by atoms with E-state index in [4.69, 9.17) is 4.74 Å². The SMILES string of the molecule is CCCCn1c(SCCOC(C)C)n[nH]c1=O. The Hall–Kier alpha value is -0.750. The van der Waals surface area contributed by atoms with Gasteiger partial charge in [0.2, 0.25) is 0 Å². The maximum atomic E-state index is 11.5. The van der Waals surface area contributed by atoms with E-state index in [1.165, 1.54) is 0 Å². The van der Waals surface area contributed by atoms with E-state index in [1.54, 1.807) is 16.3 Å². The molecule has 0 amide bonds. The van der Waals surface area contributed by atoms with Crippen LogP contribution in [-0.4, -0.2) is 33.2 Å². The molecule has 0 saturated carbocycles. The summed E-state index contributed by atoms with van der Waals surface area (Å²) >= 11 is 1.56. The van der Waals surface area contributed by atoms with Crippen LogP contribution in [0, 0.1) is 0 Å². The number of unbranched alkanes of at least 4 members (excludes halogenated alkanes) is 1. The smallest absolute Gasteiger partial charge is 0.343 e. The van der Waals surface area contributed by atoms with Crippen LogP contribution in [0.5, 0.6) is 0 Å². The minimum atomic E-state index is -0.120. The van der Waals surface area contributed by atoms with E-state index in [2.05, 4.69) is 17.1 Å². The Morgan fingerprint density at radius 3 is 2.94 bits per heavy atom. The van der Waals surface area contributed by atoms with Gasteiger partial charge in [0.1, 0.15) is 0 Å². The lowest BCUT2D eigenvalue weighted by molar-refractivity contribution is 0.0920. The number of nitrogens with one attached hydrogen (secondary N) is 1. The predicted molar refractivity (Wildman–Crippen MR) is 69.6 cm³/mol. The molecule has 0 aliphatic rings. The van der Waals surface area contributed by atoms with Gasteiger partial charge in [-0.15, -0.1) is 5.10 Å². The highest BCUT2D eigenvalue weighted by Crippen LogP contribution is 2.13. The zero-order chi connectivity index (χ0) is 12.7. The van der Waals surface area contributed by atoms with Gasteiger partial charge in [-0.05, 0) is 20.3 Å². The lowest BCUT2D eigenvalue weighted by Gasteiger charge is -2.07.